The second-order valence-corrected chi connectivity index (χ2v) is 9.05. The van der Waals surface area contributed by atoms with Crippen LogP contribution < -0.4 is 5.32 Å². The van der Waals surface area contributed by atoms with Gasteiger partial charge in [0.25, 0.3) is 0 Å². The van der Waals surface area contributed by atoms with Crippen LogP contribution in [0.3, 0.4) is 0 Å². The highest BCUT2D eigenvalue weighted by molar-refractivity contribution is 7.98. The minimum atomic E-state index is -1.82. The molecule has 0 saturated heterocycles. The Morgan fingerprint density at radius 3 is 2.44 bits per heavy atom. The van der Waals surface area contributed by atoms with Gasteiger partial charge in [0, 0.05) is 12.1 Å². The zero-order valence-electron chi connectivity index (χ0n) is 19.5. The molecule has 0 aliphatic rings. The minimum Gasteiger partial charge on any atom is -0.473 e. The molecule has 0 saturated carbocycles. The van der Waals surface area contributed by atoms with Gasteiger partial charge in [-0.15, -0.1) is 0 Å². The van der Waals surface area contributed by atoms with Gasteiger partial charge in [-0.1, -0.05) is 23.7 Å². The molecule has 36 heavy (non-hydrogen) atoms. The molecule has 2 aromatic carbocycles. The average Bonchev–Trinajstić information content (AvgIpc) is 3.41. The molecule has 0 aliphatic carbocycles. The summed E-state index contributed by atoms with van der Waals surface area (Å²) >= 11 is 8.45. The summed E-state index contributed by atoms with van der Waals surface area (Å²) < 4.78 is 14.9. The Hall–Kier alpha value is -3.41. The number of nitrogens with one attached hydrogen (secondary N) is 2. The molecular formula is C24H25ClFN5O4S. The fourth-order valence-electron chi connectivity index (χ4n) is 3.42. The number of thioether (sulfide) groups is 1. The van der Waals surface area contributed by atoms with Gasteiger partial charge < -0.3 is 20.5 Å². The lowest BCUT2D eigenvalue weighted by Crippen LogP contribution is -2.23. The molecule has 2 heterocycles. The van der Waals surface area contributed by atoms with Crippen molar-refractivity contribution in [2.45, 2.75) is 25.9 Å². The summed E-state index contributed by atoms with van der Waals surface area (Å²) in [6.45, 7) is 2.49. The second-order valence-electron chi connectivity index (χ2n) is 7.71. The summed E-state index contributed by atoms with van der Waals surface area (Å²) in [6, 6.07) is 14.2. The zero-order chi connectivity index (χ0) is 26.2. The first kappa shape index (κ1) is 27.2. The van der Waals surface area contributed by atoms with E-state index in [0.29, 0.717) is 11.7 Å². The molecule has 0 fully saturated rings. The summed E-state index contributed by atoms with van der Waals surface area (Å²) in [5, 5.41) is 23.5. The Morgan fingerprint density at radius 2 is 1.83 bits per heavy atom. The van der Waals surface area contributed by atoms with Crippen LogP contribution in [0.2, 0.25) is 5.15 Å². The van der Waals surface area contributed by atoms with Crippen molar-refractivity contribution in [3.05, 3.63) is 76.6 Å². The number of para-hydroxylation sites is 2. The van der Waals surface area contributed by atoms with Crippen LogP contribution in [0, 0.1) is 12.7 Å². The van der Waals surface area contributed by atoms with Crippen molar-refractivity contribution in [3.63, 3.8) is 0 Å². The lowest BCUT2D eigenvalue weighted by Gasteiger charge is -2.16. The molecule has 4 aromatic rings. The number of aromatic amines is 1. The Balaban J connectivity index is 0.000000538. The van der Waals surface area contributed by atoms with Crippen LogP contribution in [0.5, 0.6) is 0 Å². The molecule has 4 rings (SSSR count). The van der Waals surface area contributed by atoms with Gasteiger partial charge in [0.15, 0.2) is 0 Å². The van der Waals surface area contributed by atoms with Crippen LogP contribution in [-0.4, -0.2) is 53.9 Å². The third kappa shape index (κ3) is 6.84. The molecular weight excluding hydrogens is 509 g/mol. The number of H-pyrrole nitrogens is 1. The molecule has 0 bridgehead atoms. The molecule has 9 nitrogen and oxygen atoms in total. The number of aromatic nitrogens is 4. The standard InChI is InChI=1S/C22H23ClFN5S.C2H2O4/c1-14-17(21(23)29(28-14)16-9-7-15(24)8-10-16)13-25-20(11-12-30-2)22-26-18-5-3-4-6-19(18)27-22;3-1(4)2(5)6/h3-10,20,25H,11-13H2,1-2H3,(H,26,27);(H,3,4)(H,5,6). The largest absolute Gasteiger partial charge is 0.473 e. The Kier molecular flexibility index (Phi) is 9.45. The summed E-state index contributed by atoms with van der Waals surface area (Å²) in [4.78, 5) is 26.4. The number of rotatable bonds is 8. The maximum atomic E-state index is 13.3. The first-order valence-electron chi connectivity index (χ1n) is 10.8. The summed E-state index contributed by atoms with van der Waals surface area (Å²) in [7, 11) is 0. The Labute approximate surface area is 215 Å². The van der Waals surface area contributed by atoms with Gasteiger partial charge >= 0.3 is 11.9 Å². The molecule has 0 spiro atoms. The van der Waals surface area contributed by atoms with Gasteiger partial charge in [-0.2, -0.15) is 16.9 Å². The summed E-state index contributed by atoms with van der Waals surface area (Å²) in [5.74, 6) is -2.01. The number of hydrogen-bond acceptors (Lipinski definition) is 6. The van der Waals surface area contributed by atoms with Gasteiger partial charge in [-0.05, 0) is 61.8 Å². The molecule has 0 radical (unpaired) electrons. The molecule has 12 heteroatoms. The highest BCUT2D eigenvalue weighted by Crippen LogP contribution is 2.26. The number of carbonyl (C=O) groups is 2. The van der Waals surface area contributed by atoms with Crippen molar-refractivity contribution in [1.82, 2.24) is 25.1 Å². The van der Waals surface area contributed by atoms with Crippen LogP contribution in [0.15, 0.2) is 48.5 Å². The lowest BCUT2D eigenvalue weighted by molar-refractivity contribution is -0.159. The van der Waals surface area contributed by atoms with Gasteiger partial charge in [0.2, 0.25) is 0 Å². The molecule has 0 aliphatic heterocycles. The van der Waals surface area contributed by atoms with Crippen LogP contribution in [0.4, 0.5) is 4.39 Å². The van der Waals surface area contributed by atoms with E-state index in [1.54, 1.807) is 16.8 Å². The highest BCUT2D eigenvalue weighted by atomic mass is 35.5. The zero-order valence-corrected chi connectivity index (χ0v) is 21.1. The number of benzene rings is 2. The van der Waals surface area contributed by atoms with Gasteiger partial charge in [-0.25, -0.2) is 23.6 Å². The fraction of sp³-hybridized carbons (Fsp3) is 0.250. The molecule has 4 N–H and O–H groups in total. The highest BCUT2D eigenvalue weighted by Gasteiger charge is 2.19. The number of imidazole rings is 1. The predicted octanol–water partition coefficient (Wildman–Crippen LogP) is 4.59. The molecule has 1 unspecified atom stereocenters. The number of carboxylic acid groups (broad SMARTS) is 2. The fourth-order valence-corrected chi connectivity index (χ4v) is 4.23. The maximum Gasteiger partial charge on any atom is 0.414 e. The minimum absolute atomic E-state index is 0.0643. The SMILES string of the molecule is CSCCC(NCc1c(C)nn(-c2ccc(F)cc2)c1Cl)c1nc2ccccc2[nH]1.O=C(O)C(=O)O. The van der Waals surface area contributed by atoms with E-state index in [1.807, 2.05) is 43.0 Å². The van der Waals surface area contributed by atoms with Crippen molar-refractivity contribution in [2.24, 2.45) is 0 Å². The monoisotopic (exact) mass is 533 g/mol. The summed E-state index contributed by atoms with van der Waals surface area (Å²) in [6.07, 6.45) is 3.03. The topological polar surface area (TPSA) is 133 Å². The molecule has 0 amide bonds. The first-order valence-corrected chi connectivity index (χ1v) is 12.6. The third-order valence-electron chi connectivity index (χ3n) is 5.25. The van der Waals surface area contributed by atoms with Crippen LogP contribution in [0.1, 0.15) is 29.5 Å². The van der Waals surface area contributed by atoms with E-state index < -0.39 is 11.9 Å². The van der Waals surface area contributed by atoms with E-state index in [2.05, 4.69) is 21.7 Å². The van der Waals surface area contributed by atoms with Crippen molar-refractivity contribution >= 4 is 46.3 Å². The van der Waals surface area contributed by atoms with Crippen molar-refractivity contribution in [3.8, 4) is 5.69 Å². The average molecular weight is 534 g/mol. The second kappa shape index (κ2) is 12.5. The first-order chi connectivity index (χ1) is 17.2. The molecule has 2 aromatic heterocycles. The van der Waals surface area contributed by atoms with Crippen LogP contribution >= 0.6 is 23.4 Å². The van der Waals surface area contributed by atoms with Crippen molar-refractivity contribution in [1.29, 1.82) is 0 Å². The van der Waals surface area contributed by atoms with Gasteiger partial charge in [-0.3, -0.25) is 0 Å². The Bertz CT molecular complexity index is 1300. The van der Waals surface area contributed by atoms with Crippen LogP contribution in [-0.2, 0) is 16.1 Å². The number of halogens is 2. The van der Waals surface area contributed by atoms with E-state index in [9.17, 15) is 4.39 Å². The number of fused-ring (bicyclic) bond motifs is 1. The molecule has 190 valence electrons. The van der Waals surface area contributed by atoms with E-state index in [1.165, 1.54) is 12.1 Å². The number of aryl methyl sites for hydroxylation is 1. The van der Waals surface area contributed by atoms with E-state index in [4.69, 9.17) is 36.4 Å². The number of hydrogen-bond donors (Lipinski definition) is 4. The predicted molar refractivity (Wildman–Crippen MR) is 137 cm³/mol. The lowest BCUT2D eigenvalue weighted by atomic mass is 10.2. The maximum absolute atomic E-state index is 13.3. The van der Waals surface area contributed by atoms with Gasteiger partial charge in [0.1, 0.15) is 16.8 Å². The quantitative estimate of drug-likeness (QED) is 0.242. The van der Waals surface area contributed by atoms with E-state index in [-0.39, 0.29) is 11.9 Å². The molecule has 1 atom stereocenters. The number of aliphatic carboxylic acids is 2. The third-order valence-corrected chi connectivity index (χ3v) is 6.28. The summed E-state index contributed by atoms with van der Waals surface area (Å²) in [5.41, 5.74) is 4.48. The number of carboxylic acids is 2. The Morgan fingerprint density at radius 1 is 1.17 bits per heavy atom. The van der Waals surface area contributed by atoms with E-state index >= 15 is 0 Å². The van der Waals surface area contributed by atoms with E-state index in [0.717, 1.165) is 46.0 Å². The van der Waals surface area contributed by atoms with Crippen LogP contribution in [0.25, 0.3) is 16.7 Å². The van der Waals surface area contributed by atoms with Gasteiger partial charge in [0.05, 0.1) is 28.5 Å². The number of nitrogens with zero attached hydrogens (tertiary/aromatic N) is 3. The van der Waals surface area contributed by atoms with Crippen molar-refractivity contribution < 1.29 is 24.2 Å². The van der Waals surface area contributed by atoms with Crippen molar-refractivity contribution in [2.75, 3.05) is 12.0 Å². The smallest absolute Gasteiger partial charge is 0.414 e. The normalized spacial score (nSPS) is 11.7.